The van der Waals surface area contributed by atoms with E-state index in [1.54, 1.807) is 7.11 Å². The first kappa shape index (κ1) is 19.0. The number of aromatic nitrogens is 2. The molecule has 0 amide bonds. The molecule has 8 heteroatoms. The number of nitrogens with zero attached hydrogens (tertiary/aromatic N) is 2. The molecule has 1 heterocycles. The second kappa shape index (κ2) is 8.67. The average molecular weight is 387 g/mol. The molecule has 130 valence electrons. The Morgan fingerprint density at radius 1 is 1.29 bits per heavy atom. The molecule has 2 N–H and O–H groups in total. The van der Waals surface area contributed by atoms with Gasteiger partial charge in [0.15, 0.2) is 5.11 Å². The molecule has 2 aromatic rings. The van der Waals surface area contributed by atoms with E-state index in [-0.39, 0.29) is 0 Å². The molecule has 1 aromatic carbocycles. The van der Waals surface area contributed by atoms with Gasteiger partial charge in [-0.15, -0.1) is 0 Å². The molecule has 0 spiro atoms. The predicted octanol–water partition coefficient (Wildman–Crippen LogP) is 3.79. The summed E-state index contributed by atoms with van der Waals surface area (Å²) in [5, 5.41) is 12.6. The zero-order valence-electron chi connectivity index (χ0n) is 13.8. The summed E-state index contributed by atoms with van der Waals surface area (Å²) in [6.45, 7) is 5.63. The molecule has 2 rings (SSSR count). The normalized spacial score (nSPS) is 10.7. The number of aryl methyl sites for hydroxylation is 1. The lowest BCUT2D eigenvalue weighted by Gasteiger charge is -2.11. The van der Waals surface area contributed by atoms with Crippen molar-refractivity contribution in [1.82, 2.24) is 15.1 Å². The highest BCUT2D eigenvalue weighted by atomic mass is 35.5. The van der Waals surface area contributed by atoms with Gasteiger partial charge in [0.25, 0.3) is 0 Å². The molecule has 0 saturated carbocycles. The van der Waals surface area contributed by atoms with E-state index in [1.165, 1.54) is 0 Å². The van der Waals surface area contributed by atoms with Crippen molar-refractivity contribution in [2.75, 3.05) is 25.6 Å². The lowest BCUT2D eigenvalue weighted by atomic mass is 10.2. The number of methoxy groups -OCH3 is 1. The Morgan fingerprint density at radius 2 is 1.96 bits per heavy atom. The predicted molar refractivity (Wildman–Crippen MR) is 103 cm³/mol. The largest absolute Gasteiger partial charge is 0.383 e. The molecule has 0 fully saturated rings. The number of halogens is 2. The van der Waals surface area contributed by atoms with Gasteiger partial charge in [0.05, 0.1) is 30.2 Å². The Balaban J connectivity index is 2.15. The second-order valence-corrected chi connectivity index (χ2v) is 6.50. The van der Waals surface area contributed by atoms with Crippen LogP contribution < -0.4 is 10.6 Å². The molecule has 0 atom stereocenters. The lowest BCUT2D eigenvalue weighted by Crippen LogP contribution is -2.31. The van der Waals surface area contributed by atoms with Crippen LogP contribution in [0.4, 0.5) is 5.69 Å². The molecule has 0 aliphatic carbocycles. The number of nitrogens with one attached hydrogen (secondary N) is 2. The standard InChI is InChI=1S/C16H20Cl2N4OS/c1-10-15(20-16(24)19-7-8-23-3)11(2)22(21-10)9-12-13(17)5-4-6-14(12)18/h4-6H,7-9H2,1-3H3,(H2,19,20,24). The van der Waals surface area contributed by atoms with Crippen molar-refractivity contribution in [3.05, 3.63) is 45.2 Å². The quantitative estimate of drug-likeness (QED) is 0.584. The smallest absolute Gasteiger partial charge is 0.170 e. The van der Waals surface area contributed by atoms with Gasteiger partial charge >= 0.3 is 0 Å². The van der Waals surface area contributed by atoms with Crippen LogP contribution >= 0.6 is 35.4 Å². The van der Waals surface area contributed by atoms with E-state index in [9.17, 15) is 0 Å². The third-order valence-electron chi connectivity index (χ3n) is 3.58. The lowest BCUT2D eigenvalue weighted by molar-refractivity contribution is 0.204. The summed E-state index contributed by atoms with van der Waals surface area (Å²) in [6, 6.07) is 5.47. The Kier molecular flexibility index (Phi) is 6.86. The molecule has 0 bridgehead atoms. The van der Waals surface area contributed by atoms with Crippen molar-refractivity contribution in [3.8, 4) is 0 Å². The molecule has 0 unspecified atom stereocenters. The van der Waals surface area contributed by atoms with E-state index < -0.39 is 0 Å². The van der Waals surface area contributed by atoms with E-state index in [0.29, 0.717) is 34.9 Å². The van der Waals surface area contributed by atoms with E-state index in [1.807, 2.05) is 36.7 Å². The average Bonchev–Trinajstić information content (AvgIpc) is 2.79. The fourth-order valence-electron chi connectivity index (χ4n) is 2.29. The van der Waals surface area contributed by atoms with Crippen LogP contribution in [0.1, 0.15) is 17.0 Å². The van der Waals surface area contributed by atoms with Crippen LogP contribution in [-0.4, -0.2) is 35.2 Å². The molecular formula is C16H20Cl2N4OS. The maximum atomic E-state index is 6.25. The summed E-state index contributed by atoms with van der Waals surface area (Å²) >= 11 is 17.8. The highest BCUT2D eigenvalue weighted by molar-refractivity contribution is 7.80. The first-order valence-electron chi connectivity index (χ1n) is 7.44. The third kappa shape index (κ3) is 4.60. The van der Waals surface area contributed by atoms with Crippen LogP contribution in [-0.2, 0) is 11.3 Å². The SMILES string of the molecule is COCCNC(=S)Nc1c(C)nn(Cc2c(Cl)cccc2Cl)c1C. The second-order valence-electron chi connectivity index (χ2n) is 5.28. The Morgan fingerprint density at radius 3 is 2.58 bits per heavy atom. The zero-order valence-corrected chi connectivity index (χ0v) is 16.1. The fourth-order valence-corrected chi connectivity index (χ4v) is 3.01. The van der Waals surface area contributed by atoms with E-state index in [0.717, 1.165) is 22.6 Å². The number of rotatable bonds is 6. The molecule has 1 aromatic heterocycles. The monoisotopic (exact) mass is 386 g/mol. The summed E-state index contributed by atoms with van der Waals surface area (Å²) in [5.74, 6) is 0. The summed E-state index contributed by atoms with van der Waals surface area (Å²) in [5.41, 5.74) is 3.54. The van der Waals surface area contributed by atoms with Crippen molar-refractivity contribution in [2.24, 2.45) is 0 Å². The van der Waals surface area contributed by atoms with Crippen LogP contribution in [0.25, 0.3) is 0 Å². The number of hydrogen-bond donors (Lipinski definition) is 2. The highest BCUT2D eigenvalue weighted by Crippen LogP contribution is 2.27. The summed E-state index contributed by atoms with van der Waals surface area (Å²) in [6.07, 6.45) is 0. The van der Waals surface area contributed by atoms with Gasteiger partial charge in [0, 0.05) is 29.3 Å². The van der Waals surface area contributed by atoms with Crippen LogP contribution in [0.2, 0.25) is 10.0 Å². The van der Waals surface area contributed by atoms with Gasteiger partial charge in [-0.25, -0.2) is 0 Å². The minimum atomic E-state index is 0.497. The minimum Gasteiger partial charge on any atom is -0.383 e. The maximum Gasteiger partial charge on any atom is 0.170 e. The molecular weight excluding hydrogens is 367 g/mol. The van der Waals surface area contributed by atoms with Gasteiger partial charge in [-0.2, -0.15) is 5.10 Å². The van der Waals surface area contributed by atoms with Gasteiger partial charge in [-0.05, 0) is 38.2 Å². The zero-order chi connectivity index (χ0) is 17.7. The van der Waals surface area contributed by atoms with Crippen LogP contribution in [0.15, 0.2) is 18.2 Å². The van der Waals surface area contributed by atoms with Crippen molar-refractivity contribution in [1.29, 1.82) is 0 Å². The van der Waals surface area contributed by atoms with E-state index in [2.05, 4.69) is 15.7 Å². The van der Waals surface area contributed by atoms with Gasteiger partial charge in [0.1, 0.15) is 0 Å². The number of ether oxygens (including phenoxy) is 1. The van der Waals surface area contributed by atoms with Crippen LogP contribution in [0.5, 0.6) is 0 Å². The molecule has 0 aliphatic rings. The molecule has 0 radical (unpaired) electrons. The van der Waals surface area contributed by atoms with Crippen LogP contribution in [0.3, 0.4) is 0 Å². The summed E-state index contributed by atoms with van der Waals surface area (Å²) < 4.78 is 6.86. The molecule has 0 aliphatic heterocycles. The number of benzene rings is 1. The van der Waals surface area contributed by atoms with E-state index in [4.69, 9.17) is 40.2 Å². The van der Waals surface area contributed by atoms with Crippen molar-refractivity contribution in [2.45, 2.75) is 20.4 Å². The van der Waals surface area contributed by atoms with Gasteiger partial charge in [-0.1, -0.05) is 29.3 Å². The first-order chi connectivity index (χ1) is 11.4. The maximum absolute atomic E-state index is 6.25. The van der Waals surface area contributed by atoms with Crippen molar-refractivity contribution >= 4 is 46.2 Å². The van der Waals surface area contributed by atoms with Gasteiger partial charge < -0.3 is 15.4 Å². The third-order valence-corrected chi connectivity index (χ3v) is 4.54. The summed E-state index contributed by atoms with van der Waals surface area (Å²) in [4.78, 5) is 0. The topological polar surface area (TPSA) is 51.1 Å². The number of anilines is 1. The van der Waals surface area contributed by atoms with Crippen molar-refractivity contribution in [3.63, 3.8) is 0 Å². The Hall–Kier alpha value is -1.34. The first-order valence-corrected chi connectivity index (χ1v) is 8.61. The summed E-state index contributed by atoms with van der Waals surface area (Å²) in [7, 11) is 1.65. The molecule has 24 heavy (non-hydrogen) atoms. The molecule has 0 saturated heterocycles. The fraction of sp³-hybridized carbons (Fsp3) is 0.375. The Labute approximate surface area is 157 Å². The Bertz CT molecular complexity index is 713. The molecule has 5 nitrogen and oxygen atoms in total. The van der Waals surface area contributed by atoms with Crippen LogP contribution in [0, 0.1) is 13.8 Å². The highest BCUT2D eigenvalue weighted by Gasteiger charge is 2.15. The van der Waals surface area contributed by atoms with Crippen molar-refractivity contribution < 1.29 is 4.74 Å². The number of thiocarbonyl (C=S) groups is 1. The number of hydrogen-bond acceptors (Lipinski definition) is 3. The van der Waals surface area contributed by atoms with Gasteiger partial charge in [0.2, 0.25) is 0 Å². The van der Waals surface area contributed by atoms with E-state index >= 15 is 0 Å². The van der Waals surface area contributed by atoms with Gasteiger partial charge in [-0.3, -0.25) is 4.68 Å². The minimum absolute atomic E-state index is 0.497.